The third-order valence-corrected chi connectivity index (χ3v) is 5.93. The monoisotopic (exact) mass is 382 g/mol. The summed E-state index contributed by atoms with van der Waals surface area (Å²) in [6.45, 7) is 3.78. The molecule has 1 saturated carbocycles. The number of carbonyl (C=O) groups is 1. The van der Waals surface area contributed by atoms with E-state index in [2.05, 4.69) is 33.1 Å². The van der Waals surface area contributed by atoms with E-state index in [1.165, 1.54) is 11.3 Å². The van der Waals surface area contributed by atoms with E-state index in [4.69, 9.17) is 0 Å². The first-order valence-corrected chi connectivity index (χ1v) is 10.4. The molecule has 0 spiro atoms. The first-order valence-electron chi connectivity index (χ1n) is 10.4. The molecule has 2 heterocycles. The van der Waals surface area contributed by atoms with Crippen molar-refractivity contribution >= 4 is 5.91 Å². The summed E-state index contributed by atoms with van der Waals surface area (Å²) in [6, 6.07) is 12.8. The maximum Gasteiger partial charge on any atom is 0.237 e. The van der Waals surface area contributed by atoms with E-state index in [1.54, 1.807) is 0 Å². The van der Waals surface area contributed by atoms with Crippen LogP contribution in [0.25, 0.3) is 0 Å². The standard InChI is InChI=1S/C22H30N4O2/c27-15-14-26-21(8-11-23-26)19-9-12-24(13-10-19)17-22(28)25(20-6-7-20)16-18-4-2-1-3-5-18/h1-5,8,11,19-20,27H,6-7,9-10,12-17H2. The minimum absolute atomic E-state index is 0.112. The Morgan fingerprint density at radius 2 is 1.86 bits per heavy atom. The molecule has 4 rings (SSSR count). The van der Waals surface area contributed by atoms with Gasteiger partial charge < -0.3 is 10.0 Å². The van der Waals surface area contributed by atoms with E-state index in [1.807, 2.05) is 29.1 Å². The topological polar surface area (TPSA) is 61.6 Å². The van der Waals surface area contributed by atoms with Gasteiger partial charge in [-0.2, -0.15) is 5.10 Å². The van der Waals surface area contributed by atoms with Gasteiger partial charge in [-0.25, -0.2) is 0 Å². The largest absolute Gasteiger partial charge is 0.394 e. The van der Waals surface area contributed by atoms with Crippen molar-refractivity contribution in [3.63, 3.8) is 0 Å². The zero-order chi connectivity index (χ0) is 19.3. The van der Waals surface area contributed by atoms with Gasteiger partial charge in [0.2, 0.25) is 5.91 Å². The number of aliphatic hydroxyl groups excluding tert-OH is 1. The lowest BCUT2D eigenvalue weighted by Gasteiger charge is -2.33. The summed E-state index contributed by atoms with van der Waals surface area (Å²) in [6.07, 6.45) is 6.15. The second-order valence-corrected chi connectivity index (χ2v) is 7.99. The quantitative estimate of drug-likeness (QED) is 0.761. The number of nitrogens with zero attached hydrogens (tertiary/aromatic N) is 4. The van der Waals surface area contributed by atoms with E-state index >= 15 is 0 Å². The lowest BCUT2D eigenvalue weighted by atomic mass is 9.93. The van der Waals surface area contributed by atoms with Gasteiger partial charge in [-0.05, 0) is 50.4 Å². The highest BCUT2D eigenvalue weighted by Gasteiger charge is 2.33. The molecule has 2 aromatic rings. The van der Waals surface area contributed by atoms with Gasteiger partial charge in [0.15, 0.2) is 0 Å². The molecule has 6 heteroatoms. The normalized spacial score (nSPS) is 18.3. The van der Waals surface area contributed by atoms with E-state index in [-0.39, 0.29) is 12.5 Å². The molecule has 28 heavy (non-hydrogen) atoms. The average molecular weight is 383 g/mol. The van der Waals surface area contributed by atoms with Crippen molar-refractivity contribution in [2.75, 3.05) is 26.2 Å². The predicted molar refractivity (Wildman–Crippen MR) is 108 cm³/mol. The van der Waals surface area contributed by atoms with Gasteiger partial charge in [-0.1, -0.05) is 30.3 Å². The smallest absolute Gasteiger partial charge is 0.237 e. The Morgan fingerprint density at radius 3 is 2.54 bits per heavy atom. The van der Waals surface area contributed by atoms with Crippen molar-refractivity contribution in [1.82, 2.24) is 19.6 Å². The lowest BCUT2D eigenvalue weighted by molar-refractivity contribution is -0.134. The molecule has 0 radical (unpaired) electrons. The fourth-order valence-corrected chi connectivity index (χ4v) is 4.23. The first kappa shape index (κ1) is 19.2. The number of likely N-dealkylation sites (tertiary alicyclic amines) is 1. The number of rotatable bonds is 8. The maximum atomic E-state index is 13.0. The Balaban J connectivity index is 1.31. The molecule has 1 aromatic carbocycles. The van der Waals surface area contributed by atoms with Gasteiger partial charge >= 0.3 is 0 Å². The number of carbonyl (C=O) groups excluding carboxylic acids is 1. The number of benzene rings is 1. The van der Waals surface area contributed by atoms with E-state index in [9.17, 15) is 9.90 Å². The summed E-state index contributed by atoms with van der Waals surface area (Å²) in [4.78, 5) is 17.4. The highest BCUT2D eigenvalue weighted by molar-refractivity contribution is 5.79. The van der Waals surface area contributed by atoms with Crippen LogP contribution >= 0.6 is 0 Å². The number of aliphatic hydroxyl groups is 1. The fraction of sp³-hybridized carbons (Fsp3) is 0.545. The van der Waals surface area contributed by atoms with Gasteiger partial charge in [0.05, 0.1) is 19.7 Å². The Morgan fingerprint density at radius 1 is 1.11 bits per heavy atom. The number of piperidine rings is 1. The van der Waals surface area contributed by atoms with Crippen LogP contribution in [0.15, 0.2) is 42.6 Å². The number of hydrogen-bond acceptors (Lipinski definition) is 4. The lowest BCUT2D eigenvalue weighted by Crippen LogP contribution is -2.43. The Hall–Kier alpha value is -2.18. The minimum Gasteiger partial charge on any atom is -0.394 e. The molecule has 1 N–H and O–H groups in total. The van der Waals surface area contributed by atoms with Crippen molar-refractivity contribution < 1.29 is 9.90 Å². The summed E-state index contributed by atoms with van der Waals surface area (Å²) < 4.78 is 1.92. The highest BCUT2D eigenvalue weighted by Crippen LogP contribution is 2.30. The van der Waals surface area contributed by atoms with Crippen molar-refractivity contribution in [1.29, 1.82) is 0 Å². The highest BCUT2D eigenvalue weighted by atomic mass is 16.3. The molecule has 6 nitrogen and oxygen atoms in total. The van der Waals surface area contributed by atoms with E-state index in [0.29, 0.717) is 25.0 Å². The fourth-order valence-electron chi connectivity index (χ4n) is 4.23. The number of aromatic nitrogens is 2. The van der Waals surface area contributed by atoms with E-state index < -0.39 is 0 Å². The van der Waals surface area contributed by atoms with E-state index in [0.717, 1.165) is 45.3 Å². The van der Waals surface area contributed by atoms with Crippen molar-refractivity contribution in [3.8, 4) is 0 Å². The third kappa shape index (κ3) is 4.62. The average Bonchev–Trinajstić information content (AvgIpc) is 3.46. The SMILES string of the molecule is O=C(CN1CCC(c2ccnn2CCO)CC1)N(Cc1ccccc1)C1CC1. The van der Waals surface area contributed by atoms with Crippen LogP contribution in [-0.4, -0.2) is 62.9 Å². The second kappa shape index (κ2) is 8.88. The molecule has 0 unspecified atom stereocenters. The second-order valence-electron chi connectivity index (χ2n) is 7.99. The van der Waals surface area contributed by atoms with Crippen molar-refractivity contribution in [3.05, 3.63) is 53.9 Å². The molecule has 1 aromatic heterocycles. The molecule has 0 atom stereocenters. The molecular formula is C22H30N4O2. The van der Waals surface area contributed by atoms with Crippen LogP contribution in [0.1, 0.15) is 42.9 Å². The number of amides is 1. The number of hydrogen-bond donors (Lipinski definition) is 1. The van der Waals surface area contributed by atoms with Crippen LogP contribution < -0.4 is 0 Å². The Bertz CT molecular complexity index is 764. The van der Waals surface area contributed by atoms with Crippen LogP contribution in [-0.2, 0) is 17.9 Å². The summed E-state index contributed by atoms with van der Waals surface area (Å²) in [5, 5.41) is 13.5. The molecule has 1 saturated heterocycles. The first-order chi connectivity index (χ1) is 13.7. The van der Waals surface area contributed by atoms with Crippen molar-refractivity contribution in [2.45, 2.75) is 50.7 Å². The Kier molecular flexibility index (Phi) is 6.07. The summed E-state index contributed by atoms with van der Waals surface area (Å²) >= 11 is 0. The zero-order valence-corrected chi connectivity index (χ0v) is 16.4. The zero-order valence-electron chi connectivity index (χ0n) is 16.4. The molecule has 1 amide bonds. The van der Waals surface area contributed by atoms with Crippen LogP contribution in [0.2, 0.25) is 0 Å². The van der Waals surface area contributed by atoms with Gasteiger partial charge in [0.25, 0.3) is 0 Å². The third-order valence-electron chi connectivity index (χ3n) is 5.93. The molecule has 150 valence electrons. The van der Waals surface area contributed by atoms with Crippen LogP contribution in [0.5, 0.6) is 0 Å². The summed E-state index contributed by atoms with van der Waals surface area (Å²) in [5.74, 6) is 0.722. The summed E-state index contributed by atoms with van der Waals surface area (Å²) in [7, 11) is 0. The van der Waals surface area contributed by atoms with Crippen LogP contribution in [0, 0.1) is 0 Å². The van der Waals surface area contributed by atoms with Gasteiger partial charge in [0, 0.05) is 30.4 Å². The molecule has 1 aliphatic heterocycles. The van der Waals surface area contributed by atoms with Crippen LogP contribution in [0.3, 0.4) is 0 Å². The maximum absolute atomic E-state index is 13.0. The molecule has 1 aliphatic carbocycles. The van der Waals surface area contributed by atoms with Gasteiger partial charge in [-0.3, -0.25) is 14.4 Å². The Labute approximate surface area is 166 Å². The van der Waals surface area contributed by atoms with Crippen molar-refractivity contribution in [2.24, 2.45) is 0 Å². The predicted octanol–water partition coefficient (Wildman–Crippen LogP) is 2.25. The molecule has 0 bridgehead atoms. The molecular weight excluding hydrogens is 352 g/mol. The summed E-state index contributed by atoms with van der Waals surface area (Å²) in [5.41, 5.74) is 2.42. The van der Waals surface area contributed by atoms with Gasteiger partial charge in [-0.15, -0.1) is 0 Å². The molecule has 2 fully saturated rings. The van der Waals surface area contributed by atoms with Gasteiger partial charge in [0.1, 0.15) is 0 Å². The van der Waals surface area contributed by atoms with Crippen LogP contribution in [0.4, 0.5) is 0 Å². The molecule has 2 aliphatic rings. The minimum atomic E-state index is 0.112.